The summed E-state index contributed by atoms with van der Waals surface area (Å²) < 4.78 is 44.2. The van der Waals surface area contributed by atoms with Crippen molar-refractivity contribution in [2.24, 2.45) is 0 Å². The fourth-order valence-corrected chi connectivity index (χ4v) is 2.42. The van der Waals surface area contributed by atoms with E-state index in [-0.39, 0.29) is 22.9 Å². The summed E-state index contributed by atoms with van der Waals surface area (Å²) in [4.78, 5) is 3.87. The van der Waals surface area contributed by atoms with Crippen LogP contribution in [0.2, 0.25) is 0 Å². The van der Waals surface area contributed by atoms with Crippen molar-refractivity contribution in [3.63, 3.8) is 0 Å². The lowest BCUT2D eigenvalue weighted by molar-refractivity contribution is 0.427. The number of rotatable bonds is 5. The first-order valence-electron chi connectivity index (χ1n) is 6.17. The van der Waals surface area contributed by atoms with E-state index in [0.717, 1.165) is 6.07 Å². The summed E-state index contributed by atoms with van der Waals surface area (Å²) in [5, 5.41) is 8.78. The maximum Gasteiger partial charge on any atom is 0.220 e. The minimum atomic E-state index is -3.48. The van der Waals surface area contributed by atoms with Crippen LogP contribution in [-0.4, -0.2) is 20.4 Å². The third kappa shape index (κ3) is 4.00. The Hall–Kier alpha value is -2.50. The first-order valence-corrected chi connectivity index (χ1v) is 7.82. The molecule has 0 radical (unpaired) electrons. The summed E-state index contributed by atoms with van der Waals surface area (Å²) in [6, 6.07) is 8.63. The van der Waals surface area contributed by atoms with E-state index in [1.54, 1.807) is 0 Å². The van der Waals surface area contributed by atoms with Gasteiger partial charge in [-0.15, -0.1) is 0 Å². The molecule has 0 bridgehead atoms. The van der Waals surface area contributed by atoms with Gasteiger partial charge < -0.3 is 4.74 Å². The second-order valence-electron chi connectivity index (χ2n) is 4.32. The number of aromatic nitrogens is 1. The predicted molar refractivity (Wildman–Crippen MR) is 77.1 cm³/mol. The van der Waals surface area contributed by atoms with E-state index in [1.165, 1.54) is 37.5 Å². The second kappa shape index (κ2) is 6.51. The third-order valence-electron chi connectivity index (χ3n) is 2.74. The number of nitrogens with one attached hydrogen (secondary N) is 1. The van der Waals surface area contributed by atoms with Gasteiger partial charge in [-0.05, 0) is 30.8 Å². The number of halogens is 1. The van der Waals surface area contributed by atoms with E-state index in [9.17, 15) is 12.8 Å². The molecule has 6 nitrogen and oxygen atoms in total. The molecular weight excluding hydrogens is 309 g/mol. The van der Waals surface area contributed by atoms with E-state index in [0.29, 0.717) is 5.56 Å². The molecule has 0 aliphatic carbocycles. The van der Waals surface area contributed by atoms with Crippen LogP contribution < -0.4 is 9.46 Å². The number of ether oxygens (including phenoxy) is 1. The standard InChI is InChI=1S/C14H12FN3O3S/c1-17-22(19,20)9-11-2-3-13(12(15)6-11)21-14-7-10(8-16)4-5-18-14/h2-7,17H,9H2,1H3. The molecule has 1 heterocycles. The van der Waals surface area contributed by atoms with Crippen molar-refractivity contribution in [3.05, 3.63) is 53.5 Å². The Kier molecular flexibility index (Phi) is 4.70. The van der Waals surface area contributed by atoms with Crippen LogP contribution >= 0.6 is 0 Å². The van der Waals surface area contributed by atoms with Gasteiger partial charge in [0.25, 0.3) is 0 Å². The highest BCUT2D eigenvalue weighted by Crippen LogP contribution is 2.24. The van der Waals surface area contributed by atoms with Gasteiger partial charge >= 0.3 is 0 Å². The molecule has 1 aromatic heterocycles. The molecule has 114 valence electrons. The van der Waals surface area contributed by atoms with Gasteiger partial charge in [-0.1, -0.05) is 6.07 Å². The number of nitrogens with zero attached hydrogens (tertiary/aromatic N) is 2. The predicted octanol–water partition coefficient (Wildman–Crippen LogP) is 1.93. The number of hydrogen-bond donors (Lipinski definition) is 1. The molecule has 1 aromatic carbocycles. The minimum Gasteiger partial charge on any atom is -0.436 e. The second-order valence-corrected chi connectivity index (χ2v) is 6.25. The quantitative estimate of drug-likeness (QED) is 0.908. The third-order valence-corrected chi connectivity index (χ3v) is 4.08. The van der Waals surface area contributed by atoms with Crippen molar-refractivity contribution < 1.29 is 17.5 Å². The average Bonchev–Trinajstić information content (AvgIpc) is 2.50. The topological polar surface area (TPSA) is 92.1 Å². The SMILES string of the molecule is CNS(=O)(=O)Cc1ccc(Oc2cc(C#N)ccn2)c(F)c1. The summed E-state index contributed by atoms with van der Waals surface area (Å²) in [6.07, 6.45) is 1.37. The summed E-state index contributed by atoms with van der Waals surface area (Å²) in [7, 11) is -2.19. The van der Waals surface area contributed by atoms with Crippen molar-refractivity contribution in [1.82, 2.24) is 9.71 Å². The van der Waals surface area contributed by atoms with E-state index < -0.39 is 15.8 Å². The Labute approximate surface area is 127 Å². The van der Waals surface area contributed by atoms with Crippen LogP contribution in [0.4, 0.5) is 4.39 Å². The molecule has 1 N–H and O–H groups in total. The Morgan fingerprint density at radius 1 is 1.36 bits per heavy atom. The molecule has 22 heavy (non-hydrogen) atoms. The summed E-state index contributed by atoms with van der Waals surface area (Å²) in [6.45, 7) is 0. The van der Waals surface area contributed by atoms with Gasteiger partial charge in [-0.2, -0.15) is 5.26 Å². The highest BCUT2D eigenvalue weighted by molar-refractivity contribution is 7.88. The molecule has 0 saturated heterocycles. The minimum absolute atomic E-state index is 0.0774. The van der Waals surface area contributed by atoms with Crippen LogP contribution in [0.1, 0.15) is 11.1 Å². The lowest BCUT2D eigenvalue weighted by Crippen LogP contribution is -2.20. The van der Waals surface area contributed by atoms with Gasteiger partial charge in [0.1, 0.15) is 0 Å². The van der Waals surface area contributed by atoms with Crippen molar-refractivity contribution in [1.29, 1.82) is 5.26 Å². The Morgan fingerprint density at radius 2 is 2.14 bits per heavy atom. The van der Waals surface area contributed by atoms with Crippen LogP contribution in [-0.2, 0) is 15.8 Å². The van der Waals surface area contributed by atoms with Crippen LogP contribution in [0.15, 0.2) is 36.5 Å². The van der Waals surface area contributed by atoms with E-state index in [2.05, 4.69) is 9.71 Å². The fourth-order valence-electron chi connectivity index (χ4n) is 1.66. The number of benzene rings is 1. The summed E-state index contributed by atoms with van der Waals surface area (Å²) in [5.74, 6) is -1.07. The average molecular weight is 321 g/mol. The van der Waals surface area contributed by atoms with E-state index in [4.69, 9.17) is 10.00 Å². The van der Waals surface area contributed by atoms with Gasteiger partial charge in [0, 0.05) is 12.3 Å². The molecule has 0 spiro atoms. The first kappa shape index (κ1) is 15.9. The van der Waals surface area contributed by atoms with Gasteiger partial charge in [0.15, 0.2) is 11.6 Å². The molecular formula is C14H12FN3O3S. The van der Waals surface area contributed by atoms with Crippen LogP contribution in [0.5, 0.6) is 11.6 Å². The fraction of sp³-hybridized carbons (Fsp3) is 0.143. The van der Waals surface area contributed by atoms with Crippen molar-refractivity contribution in [3.8, 4) is 17.7 Å². The zero-order valence-electron chi connectivity index (χ0n) is 11.6. The number of nitriles is 1. The maximum absolute atomic E-state index is 14.0. The lowest BCUT2D eigenvalue weighted by Gasteiger charge is -2.08. The molecule has 0 aliphatic heterocycles. The van der Waals surface area contributed by atoms with Crippen LogP contribution in [0.25, 0.3) is 0 Å². The van der Waals surface area contributed by atoms with Gasteiger partial charge in [-0.25, -0.2) is 22.5 Å². The zero-order valence-corrected chi connectivity index (χ0v) is 12.4. The Balaban J connectivity index is 2.21. The molecule has 0 aliphatic rings. The normalized spacial score (nSPS) is 11.0. The molecule has 0 unspecified atom stereocenters. The smallest absolute Gasteiger partial charge is 0.220 e. The number of hydrogen-bond acceptors (Lipinski definition) is 5. The molecule has 2 rings (SSSR count). The van der Waals surface area contributed by atoms with Crippen molar-refractivity contribution in [2.75, 3.05) is 7.05 Å². The summed E-state index contributed by atoms with van der Waals surface area (Å²) >= 11 is 0. The van der Waals surface area contributed by atoms with E-state index in [1.807, 2.05) is 6.07 Å². The summed E-state index contributed by atoms with van der Waals surface area (Å²) in [5.41, 5.74) is 0.625. The number of pyridine rings is 1. The van der Waals surface area contributed by atoms with Crippen molar-refractivity contribution in [2.45, 2.75) is 5.75 Å². The lowest BCUT2D eigenvalue weighted by atomic mass is 10.2. The Bertz CT molecular complexity index is 831. The molecule has 0 saturated carbocycles. The van der Waals surface area contributed by atoms with Crippen LogP contribution in [0, 0.1) is 17.1 Å². The number of sulfonamides is 1. The maximum atomic E-state index is 14.0. The van der Waals surface area contributed by atoms with Crippen LogP contribution in [0.3, 0.4) is 0 Å². The highest BCUT2D eigenvalue weighted by Gasteiger charge is 2.12. The molecule has 8 heteroatoms. The van der Waals surface area contributed by atoms with Gasteiger partial charge in [-0.3, -0.25) is 0 Å². The highest BCUT2D eigenvalue weighted by atomic mass is 32.2. The molecule has 0 amide bonds. The van der Waals surface area contributed by atoms with E-state index >= 15 is 0 Å². The van der Waals surface area contributed by atoms with Gasteiger partial charge in [0.05, 0.1) is 17.4 Å². The Morgan fingerprint density at radius 3 is 2.77 bits per heavy atom. The van der Waals surface area contributed by atoms with Gasteiger partial charge in [0.2, 0.25) is 15.9 Å². The van der Waals surface area contributed by atoms with Crippen molar-refractivity contribution >= 4 is 10.0 Å². The zero-order chi connectivity index (χ0) is 16.2. The molecule has 0 atom stereocenters. The largest absolute Gasteiger partial charge is 0.436 e. The first-order chi connectivity index (χ1) is 10.4. The molecule has 2 aromatic rings. The monoisotopic (exact) mass is 321 g/mol. The molecule has 0 fully saturated rings.